The van der Waals surface area contributed by atoms with Gasteiger partial charge in [-0.05, 0) is 38.8 Å². The zero-order chi connectivity index (χ0) is 23.7. The minimum Gasteiger partial charge on any atom is -0.394 e. The lowest BCUT2D eigenvalue weighted by Crippen LogP contribution is -2.38. The summed E-state index contributed by atoms with van der Waals surface area (Å²) in [5, 5.41) is 10.2. The zero-order valence-corrected chi connectivity index (χ0v) is 20.6. The Kier molecular flexibility index (Phi) is 10.1. The molecule has 176 valence electrons. The third-order valence-corrected chi connectivity index (χ3v) is 7.67. The van der Waals surface area contributed by atoms with Crippen LogP contribution in [0, 0.1) is 0 Å². The van der Waals surface area contributed by atoms with Gasteiger partial charge in [-0.15, -0.1) is 0 Å². The predicted octanol–water partition coefficient (Wildman–Crippen LogP) is 5.57. The highest BCUT2D eigenvalue weighted by Crippen LogP contribution is 2.56. The van der Waals surface area contributed by atoms with Crippen molar-refractivity contribution in [1.29, 1.82) is 0 Å². The van der Waals surface area contributed by atoms with Gasteiger partial charge in [0.1, 0.15) is 0 Å². The van der Waals surface area contributed by atoms with Crippen LogP contribution in [-0.4, -0.2) is 40.4 Å². The molecule has 2 atom stereocenters. The molecule has 0 saturated carbocycles. The number of rotatable bonds is 12. The van der Waals surface area contributed by atoms with Gasteiger partial charge in [0, 0.05) is 13.0 Å². The molecule has 1 amide bonds. The Morgan fingerprint density at radius 3 is 1.88 bits per heavy atom. The van der Waals surface area contributed by atoms with Crippen molar-refractivity contribution < 1.29 is 23.5 Å². The summed E-state index contributed by atoms with van der Waals surface area (Å²) < 4.78 is 24.9. The molecule has 0 spiro atoms. The first-order valence-corrected chi connectivity index (χ1v) is 12.7. The van der Waals surface area contributed by atoms with Crippen LogP contribution in [0.3, 0.4) is 0 Å². The largest absolute Gasteiger partial charge is 0.394 e. The molecule has 32 heavy (non-hydrogen) atoms. The van der Waals surface area contributed by atoms with E-state index in [0.29, 0.717) is 6.54 Å². The average molecular weight is 462 g/mol. The van der Waals surface area contributed by atoms with Crippen molar-refractivity contribution in [3.8, 4) is 0 Å². The monoisotopic (exact) mass is 461 g/mol. The first-order valence-electron chi connectivity index (χ1n) is 11.1. The van der Waals surface area contributed by atoms with E-state index in [4.69, 9.17) is 9.05 Å². The number of hydrogen-bond donors (Lipinski definition) is 1. The van der Waals surface area contributed by atoms with Crippen molar-refractivity contribution in [3.63, 3.8) is 0 Å². The van der Waals surface area contributed by atoms with E-state index in [1.165, 1.54) is 0 Å². The van der Waals surface area contributed by atoms with Gasteiger partial charge in [0.25, 0.3) is 0 Å². The summed E-state index contributed by atoms with van der Waals surface area (Å²) in [5.74, 6) is -0.218. The Morgan fingerprint density at radius 1 is 0.906 bits per heavy atom. The second-order valence-corrected chi connectivity index (χ2v) is 10.9. The van der Waals surface area contributed by atoms with Gasteiger partial charge in [-0.1, -0.05) is 67.6 Å². The fourth-order valence-corrected chi connectivity index (χ4v) is 5.53. The summed E-state index contributed by atoms with van der Waals surface area (Å²) in [6.45, 7) is 9.01. The number of benzene rings is 2. The molecule has 0 heterocycles. The highest BCUT2D eigenvalue weighted by molar-refractivity contribution is 7.54. The Balaban J connectivity index is 2.33. The van der Waals surface area contributed by atoms with Crippen LogP contribution in [0.4, 0.5) is 0 Å². The maximum Gasteiger partial charge on any atom is 0.334 e. The first-order chi connectivity index (χ1) is 15.2. The molecule has 0 radical (unpaired) electrons. The lowest BCUT2D eigenvalue weighted by atomic mass is 10.0. The summed E-state index contributed by atoms with van der Waals surface area (Å²) in [6.07, 6.45) is -0.619. The lowest BCUT2D eigenvalue weighted by Gasteiger charge is -2.33. The average Bonchev–Trinajstić information content (AvgIpc) is 2.73. The van der Waals surface area contributed by atoms with E-state index < -0.39 is 19.3 Å². The second kappa shape index (κ2) is 12.3. The van der Waals surface area contributed by atoms with Gasteiger partial charge >= 0.3 is 7.60 Å². The molecule has 2 aromatic carbocycles. The predicted molar refractivity (Wildman–Crippen MR) is 127 cm³/mol. The van der Waals surface area contributed by atoms with Crippen LogP contribution in [0.1, 0.15) is 58.2 Å². The van der Waals surface area contributed by atoms with Gasteiger partial charge in [-0.25, -0.2) is 0 Å². The molecule has 0 unspecified atom stereocenters. The molecule has 2 aromatic rings. The molecule has 0 aromatic heterocycles. The van der Waals surface area contributed by atoms with Gasteiger partial charge < -0.3 is 19.1 Å². The smallest absolute Gasteiger partial charge is 0.334 e. The Morgan fingerprint density at radius 2 is 1.41 bits per heavy atom. The minimum absolute atomic E-state index is 0.0209. The quantitative estimate of drug-likeness (QED) is 0.418. The summed E-state index contributed by atoms with van der Waals surface area (Å²) in [5.41, 5.74) is 1.16. The van der Waals surface area contributed by atoms with E-state index in [9.17, 15) is 14.5 Å². The molecular weight excluding hydrogens is 425 g/mol. The summed E-state index contributed by atoms with van der Waals surface area (Å²) in [7, 11) is -3.52. The van der Waals surface area contributed by atoms with Gasteiger partial charge in [0.15, 0.2) is 0 Å². The molecule has 0 aliphatic carbocycles. The van der Waals surface area contributed by atoms with Crippen molar-refractivity contribution in [2.24, 2.45) is 0 Å². The SMILES string of the molecule is CC(C)OP(=O)(OC(C)C)[C@H](C)CC(=O)N(Cc1ccccc1)[C@@H](CO)c1ccccc1. The Bertz CT molecular complexity index is 858. The number of nitrogens with zero attached hydrogens (tertiary/aromatic N) is 1. The molecule has 0 aliphatic rings. The van der Waals surface area contributed by atoms with E-state index in [1.54, 1.807) is 39.5 Å². The maximum absolute atomic E-state index is 13.5. The second-order valence-electron chi connectivity index (χ2n) is 8.52. The molecule has 1 N–H and O–H groups in total. The van der Waals surface area contributed by atoms with Crippen LogP contribution in [0.5, 0.6) is 0 Å². The highest BCUT2D eigenvalue weighted by atomic mass is 31.2. The van der Waals surface area contributed by atoms with Crippen LogP contribution in [0.2, 0.25) is 0 Å². The molecule has 2 rings (SSSR count). The van der Waals surface area contributed by atoms with E-state index in [-0.39, 0.29) is 31.1 Å². The zero-order valence-electron chi connectivity index (χ0n) is 19.7. The van der Waals surface area contributed by atoms with Crippen LogP contribution in [0.25, 0.3) is 0 Å². The molecular formula is C25H36NO5P. The highest BCUT2D eigenvalue weighted by Gasteiger charge is 2.38. The van der Waals surface area contributed by atoms with Crippen molar-refractivity contribution in [2.45, 2.75) is 71.5 Å². The van der Waals surface area contributed by atoms with Gasteiger partial charge in [-0.2, -0.15) is 0 Å². The van der Waals surface area contributed by atoms with Crippen LogP contribution in [-0.2, 0) is 25.0 Å². The third-order valence-electron chi connectivity index (χ3n) is 4.97. The molecule has 6 nitrogen and oxygen atoms in total. The van der Waals surface area contributed by atoms with Gasteiger partial charge in [0.2, 0.25) is 5.91 Å². The van der Waals surface area contributed by atoms with Crippen molar-refractivity contribution >= 4 is 13.5 Å². The first kappa shape index (κ1) is 26.3. The number of aliphatic hydroxyl groups is 1. The molecule has 0 bridgehead atoms. The van der Waals surface area contributed by atoms with Crippen molar-refractivity contribution in [1.82, 2.24) is 4.90 Å². The van der Waals surface area contributed by atoms with E-state index >= 15 is 0 Å². The number of aliphatic hydroxyl groups excluding tert-OH is 1. The molecule has 0 saturated heterocycles. The molecule has 0 aliphatic heterocycles. The standard InChI is InChI=1S/C25H36NO5P/c1-19(2)30-32(29,31-20(3)4)21(5)16-25(28)26(17-22-12-8-6-9-13-22)24(18-27)23-14-10-7-11-15-23/h6-15,19-21,24,27H,16-18H2,1-5H3/t21-,24+/m1/s1. The van der Waals surface area contributed by atoms with Crippen LogP contribution in [0.15, 0.2) is 60.7 Å². The summed E-state index contributed by atoms with van der Waals surface area (Å²) >= 11 is 0. The number of carbonyl (C=O) groups excluding carboxylic acids is 1. The number of amides is 1. The molecule has 7 heteroatoms. The summed E-state index contributed by atoms with van der Waals surface area (Å²) in [6, 6.07) is 18.6. The van der Waals surface area contributed by atoms with Crippen molar-refractivity contribution in [3.05, 3.63) is 71.8 Å². The minimum atomic E-state index is -3.52. The van der Waals surface area contributed by atoms with Gasteiger partial charge in [0.05, 0.1) is 30.5 Å². The third kappa shape index (κ3) is 7.56. The lowest BCUT2D eigenvalue weighted by molar-refractivity contribution is -0.135. The number of hydrogen-bond acceptors (Lipinski definition) is 5. The fourth-order valence-electron chi connectivity index (χ4n) is 3.51. The van der Waals surface area contributed by atoms with Gasteiger partial charge in [-0.3, -0.25) is 9.36 Å². The van der Waals surface area contributed by atoms with Crippen molar-refractivity contribution in [2.75, 3.05) is 6.61 Å². The van der Waals surface area contributed by atoms with Crippen LogP contribution >= 0.6 is 7.60 Å². The normalized spacial score (nSPS) is 13.9. The Labute approximate surface area is 192 Å². The van der Waals surface area contributed by atoms with E-state index in [2.05, 4.69) is 0 Å². The maximum atomic E-state index is 13.5. The van der Waals surface area contributed by atoms with E-state index in [1.807, 2.05) is 60.7 Å². The number of carbonyl (C=O) groups is 1. The topological polar surface area (TPSA) is 76.1 Å². The van der Waals surface area contributed by atoms with E-state index in [0.717, 1.165) is 11.1 Å². The van der Waals surface area contributed by atoms with Crippen LogP contribution < -0.4 is 0 Å². The fraction of sp³-hybridized carbons (Fsp3) is 0.480. The Hall–Kier alpha value is -1.98. The summed E-state index contributed by atoms with van der Waals surface area (Å²) in [4.78, 5) is 15.2. The molecule has 0 fully saturated rings.